The third-order valence-electron chi connectivity index (χ3n) is 3.70. The maximum atomic E-state index is 13.2. The average Bonchev–Trinajstić information content (AvgIpc) is 2.72. The monoisotopic (exact) mass is 397 g/mol. The summed E-state index contributed by atoms with van der Waals surface area (Å²) < 4.78 is 39.6. The maximum Gasteiger partial charge on any atom is 0.433 e. The largest absolute Gasteiger partial charge is 0.433 e. The maximum absolute atomic E-state index is 13.2. The van der Waals surface area contributed by atoms with E-state index in [1.807, 2.05) is 0 Å². The van der Waals surface area contributed by atoms with Gasteiger partial charge >= 0.3 is 6.18 Å². The highest BCUT2D eigenvalue weighted by molar-refractivity contribution is 5.93. The van der Waals surface area contributed by atoms with Crippen LogP contribution < -0.4 is 10.6 Å². The van der Waals surface area contributed by atoms with Crippen LogP contribution in [-0.2, 0) is 11.0 Å². The van der Waals surface area contributed by atoms with Gasteiger partial charge in [0, 0.05) is 35.3 Å². The predicted octanol–water partition coefficient (Wildman–Crippen LogP) is 3.59. The van der Waals surface area contributed by atoms with Crippen molar-refractivity contribution < 1.29 is 18.0 Å². The smallest absolute Gasteiger partial charge is 0.361 e. The second-order valence-corrected chi connectivity index (χ2v) is 5.82. The second kappa shape index (κ2) is 8.39. The highest BCUT2D eigenvalue weighted by Crippen LogP contribution is 2.30. The zero-order valence-electron chi connectivity index (χ0n) is 14.9. The number of hydrogen-bond acceptors (Lipinski definition) is 5. The Bertz CT molecular complexity index is 1060. The fourth-order valence-corrected chi connectivity index (χ4v) is 2.38. The lowest BCUT2D eigenvalue weighted by molar-refractivity contribution is -0.141. The van der Waals surface area contributed by atoms with E-state index >= 15 is 0 Å². The Morgan fingerprint density at radius 3 is 2.55 bits per heavy atom. The molecule has 3 aromatic rings. The standard InChI is InChI=1S/C20H14F3N5O/c1-2-13-4-3-5-15(10-13)26-18(29)12-25-17-11-16(20(21,22)23)27-19(28-17)14-6-8-24-9-7-14/h1,3-11H,12H2,(H,26,29)(H,25,27,28). The molecule has 6 nitrogen and oxygen atoms in total. The molecule has 3 rings (SSSR count). The van der Waals surface area contributed by atoms with Gasteiger partial charge < -0.3 is 10.6 Å². The summed E-state index contributed by atoms with van der Waals surface area (Å²) in [5, 5.41) is 5.20. The molecule has 0 spiro atoms. The van der Waals surface area contributed by atoms with Gasteiger partial charge in [0.25, 0.3) is 0 Å². The molecule has 146 valence electrons. The normalized spacial score (nSPS) is 10.8. The molecule has 2 aromatic heterocycles. The number of nitrogens with zero attached hydrogens (tertiary/aromatic N) is 3. The molecule has 0 fully saturated rings. The quantitative estimate of drug-likeness (QED) is 0.644. The van der Waals surface area contributed by atoms with Crippen molar-refractivity contribution in [3.05, 3.63) is 66.1 Å². The molecule has 0 radical (unpaired) electrons. The van der Waals surface area contributed by atoms with E-state index in [0.29, 0.717) is 16.8 Å². The molecule has 1 aromatic carbocycles. The molecule has 0 unspecified atom stereocenters. The first kappa shape index (κ1) is 19.8. The predicted molar refractivity (Wildman–Crippen MR) is 102 cm³/mol. The third kappa shape index (κ3) is 5.29. The lowest BCUT2D eigenvalue weighted by atomic mass is 10.2. The summed E-state index contributed by atoms with van der Waals surface area (Å²) in [6.45, 7) is -0.301. The summed E-state index contributed by atoms with van der Waals surface area (Å²) in [7, 11) is 0. The van der Waals surface area contributed by atoms with Crippen LogP contribution in [0.25, 0.3) is 11.4 Å². The van der Waals surface area contributed by atoms with Crippen molar-refractivity contribution in [1.82, 2.24) is 15.0 Å². The van der Waals surface area contributed by atoms with Gasteiger partial charge in [-0.1, -0.05) is 12.0 Å². The number of hydrogen-bond donors (Lipinski definition) is 2. The molecule has 0 saturated carbocycles. The Labute approximate surface area is 164 Å². The van der Waals surface area contributed by atoms with Crippen LogP contribution in [0.2, 0.25) is 0 Å². The number of rotatable bonds is 5. The van der Waals surface area contributed by atoms with E-state index in [0.717, 1.165) is 6.07 Å². The minimum atomic E-state index is -4.67. The van der Waals surface area contributed by atoms with E-state index in [2.05, 4.69) is 31.5 Å². The van der Waals surface area contributed by atoms with Crippen molar-refractivity contribution in [3.8, 4) is 23.7 Å². The van der Waals surface area contributed by atoms with Crippen molar-refractivity contribution in [3.63, 3.8) is 0 Å². The highest BCUT2D eigenvalue weighted by Gasteiger charge is 2.33. The molecule has 0 aliphatic heterocycles. The van der Waals surface area contributed by atoms with Crippen molar-refractivity contribution in [1.29, 1.82) is 0 Å². The molecule has 9 heteroatoms. The molecule has 0 saturated heterocycles. The Morgan fingerprint density at radius 1 is 1.10 bits per heavy atom. The van der Waals surface area contributed by atoms with Crippen LogP contribution in [0, 0.1) is 12.3 Å². The minimum absolute atomic E-state index is 0.133. The van der Waals surface area contributed by atoms with Gasteiger partial charge in [0.05, 0.1) is 6.54 Å². The fraction of sp³-hybridized carbons (Fsp3) is 0.100. The topological polar surface area (TPSA) is 79.8 Å². The van der Waals surface area contributed by atoms with Gasteiger partial charge in [0.1, 0.15) is 5.82 Å². The summed E-state index contributed by atoms with van der Waals surface area (Å²) in [6.07, 6.45) is 3.48. The molecule has 0 bridgehead atoms. The number of halogens is 3. The summed E-state index contributed by atoms with van der Waals surface area (Å²) in [4.78, 5) is 23.6. The molecule has 2 heterocycles. The zero-order chi connectivity index (χ0) is 20.9. The van der Waals surface area contributed by atoms with Crippen LogP contribution in [0.4, 0.5) is 24.7 Å². The van der Waals surface area contributed by atoms with Gasteiger partial charge in [-0.25, -0.2) is 9.97 Å². The molecule has 0 aliphatic rings. The number of aromatic nitrogens is 3. The number of pyridine rings is 1. The second-order valence-electron chi connectivity index (χ2n) is 5.82. The van der Waals surface area contributed by atoms with Crippen molar-refractivity contribution in [2.24, 2.45) is 0 Å². The van der Waals surface area contributed by atoms with Crippen molar-refractivity contribution in [2.45, 2.75) is 6.18 Å². The fourth-order valence-electron chi connectivity index (χ4n) is 2.38. The van der Waals surface area contributed by atoms with Crippen LogP contribution in [0.5, 0.6) is 0 Å². The van der Waals surface area contributed by atoms with E-state index in [9.17, 15) is 18.0 Å². The van der Waals surface area contributed by atoms with Crippen LogP contribution in [0.3, 0.4) is 0 Å². The molecule has 1 amide bonds. The van der Waals surface area contributed by atoms with Gasteiger partial charge in [0.15, 0.2) is 11.5 Å². The number of amides is 1. The van der Waals surface area contributed by atoms with Gasteiger partial charge in [-0.3, -0.25) is 9.78 Å². The number of alkyl halides is 3. The molecular weight excluding hydrogens is 383 g/mol. The Kier molecular flexibility index (Phi) is 5.74. The summed E-state index contributed by atoms with van der Waals surface area (Å²) in [5.41, 5.74) is 0.306. The lowest BCUT2D eigenvalue weighted by Crippen LogP contribution is -2.22. The van der Waals surface area contributed by atoms with Gasteiger partial charge in [-0.15, -0.1) is 6.42 Å². The first-order valence-corrected chi connectivity index (χ1v) is 8.32. The van der Waals surface area contributed by atoms with Crippen LogP contribution in [0.15, 0.2) is 54.9 Å². The first-order chi connectivity index (χ1) is 13.8. The molecule has 29 heavy (non-hydrogen) atoms. The summed E-state index contributed by atoms with van der Waals surface area (Å²) in [5.74, 6) is 1.71. The SMILES string of the molecule is C#Cc1cccc(NC(=O)CNc2cc(C(F)(F)F)nc(-c3ccncc3)n2)c1. The number of anilines is 2. The molecule has 0 atom stereocenters. The number of carbonyl (C=O) groups is 1. The van der Waals surface area contributed by atoms with Crippen LogP contribution >= 0.6 is 0 Å². The molecular formula is C20H14F3N5O. The lowest BCUT2D eigenvalue weighted by Gasteiger charge is -2.12. The van der Waals surface area contributed by atoms with Gasteiger partial charge in [-0.05, 0) is 30.3 Å². The van der Waals surface area contributed by atoms with E-state index in [1.54, 1.807) is 24.3 Å². The summed E-state index contributed by atoms with van der Waals surface area (Å²) >= 11 is 0. The minimum Gasteiger partial charge on any atom is -0.361 e. The molecule has 0 aliphatic carbocycles. The number of nitrogens with one attached hydrogen (secondary N) is 2. The van der Waals surface area contributed by atoms with Crippen molar-refractivity contribution in [2.75, 3.05) is 17.2 Å². The van der Waals surface area contributed by atoms with Crippen LogP contribution in [0.1, 0.15) is 11.3 Å². The average molecular weight is 397 g/mol. The third-order valence-corrected chi connectivity index (χ3v) is 3.70. The number of benzene rings is 1. The van der Waals surface area contributed by atoms with E-state index in [-0.39, 0.29) is 18.2 Å². The first-order valence-electron chi connectivity index (χ1n) is 8.32. The van der Waals surface area contributed by atoms with E-state index in [1.165, 1.54) is 24.5 Å². The van der Waals surface area contributed by atoms with E-state index < -0.39 is 17.8 Å². The molecule has 2 N–H and O–H groups in total. The Morgan fingerprint density at radius 2 is 1.86 bits per heavy atom. The van der Waals surface area contributed by atoms with Crippen molar-refractivity contribution >= 4 is 17.4 Å². The summed E-state index contributed by atoms with van der Waals surface area (Å²) in [6, 6.07) is 10.4. The Hall–Kier alpha value is -3.93. The van der Waals surface area contributed by atoms with Crippen LogP contribution in [-0.4, -0.2) is 27.4 Å². The van der Waals surface area contributed by atoms with Gasteiger partial charge in [0.2, 0.25) is 5.91 Å². The number of carbonyl (C=O) groups excluding carboxylic acids is 1. The zero-order valence-corrected chi connectivity index (χ0v) is 14.9. The van der Waals surface area contributed by atoms with E-state index in [4.69, 9.17) is 6.42 Å². The van der Waals surface area contributed by atoms with Gasteiger partial charge in [-0.2, -0.15) is 13.2 Å². The Balaban J connectivity index is 1.77. The number of terminal acetylenes is 1. The highest BCUT2D eigenvalue weighted by atomic mass is 19.4.